The van der Waals surface area contributed by atoms with Gasteiger partial charge in [0, 0.05) is 16.6 Å². The minimum Gasteiger partial charge on any atom is -0.368 e. The second-order valence-corrected chi connectivity index (χ2v) is 6.20. The highest BCUT2D eigenvalue weighted by atomic mass is 32.2. The maximum atomic E-state index is 11.3. The fraction of sp³-hybridized carbons (Fsp3) is 0.583. The monoisotopic (exact) mass is 266 g/mol. The third-order valence-corrected chi connectivity index (χ3v) is 4.36. The third kappa shape index (κ3) is 2.81. The van der Waals surface area contributed by atoms with Crippen molar-refractivity contribution in [2.24, 2.45) is 11.5 Å². The predicted molar refractivity (Wildman–Crippen MR) is 71.1 cm³/mol. The zero-order chi connectivity index (χ0) is 13.3. The summed E-state index contributed by atoms with van der Waals surface area (Å²) in [5.41, 5.74) is 12.4. The van der Waals surface area contributed by atoms with Gasteiger partial charge in [-0.05, 0) is 39.2 Å². The first-order chi connectivity index (χ1) is 8.39. The number of nitrogens with zero attached hydrogens (tertiary/aromatic N) is 2. The molecule has 0 aromatic carbocycles. The van der Waals surface area contributed by atoms with Gasteiger partial charge in [-0.15, -0.1) is 0 Å². The van der Waals surface area contributed by atoms with E-state index >= 15 is 0 Å². The standard InChI is InChI=1S/C12H18N4OS/c1-7-5-8(2)16-11(15-7)18-9-3-4-12(14,6-9)10(13)17/h5,9H,3-4,6,14H2,1-2H3,(H2,13,17). The van der Waals surface area contributed by atoms with Gasteiger partial charge in [0.1, 0.15) is 0 Å². The largest absolute Gasteiger partial charge is 0.368 e. The van der Waals surface area contributed by atoms with E-state index in [2.05, 4.69) is 9.97 Å². The van der Waals surface area contributed by atoms with Gasteiger partial charge in [0.05, 0.1) is 5.54 Å². The van der Waals surface area contributed by atoms with E-state index in [1.54, 1.807) is 11.8 Å². The topological polar surface area (TPSA) is 94.9 Å². The molecule has 6 heteroatoms. The number of hydrogen-bond donors (Lipinski definition) is 2. The maximum absolute atomic E-state index is 11.3. The Labute approximate surface area is 111 Å². The fourth-order valence-electron chi connectivity index (χ4n) is 2.25. The first-order valence-corrected chi connectivity index (χ1v) is 6.85. The molecule has 1 aliphatic rings. The van der Waals surface area contributed by atoms with Gasteiger partial charge in [0.15, 0.2) is 5.16 Å². The smallest absolute Gasteiger partial charge is 0.237 e. The zero-order valence-electron chi connectivity index (χ0n) is 10.6. The highest BCUT2D eigenvalue weighted by molar-refractivity contribution is 7.99. The summed E-state index contributed by atoms with van der Waals surface area (Å²) in [4.78, 5) is 20.1. The summed E-state index contributed by atoms with van der Waals surface area (Å²) in [5, 5.41) is 1.02. The van der Waals surface area contributed by atoms with E-state index in [-0.39, 0.29) is 5.25 Å². The van der Waals surface area contributed by atoms with Crippen LogP contribution in [0, 0.1) is 13.8 Å². The third-order valence-electron chi connectivity index (χ3n) is 3.23. The molecule has 1 amide bonds. The number of rotatable bonds is 3. The van der Waals surface area contributed by atoms with Crippen molar-refractivity contribution in [1.29, 1.82) is 0 Å². The van der Waals surface area contributed by atoms with E-state index in [1.165, 1.54) is 0 Å². The Hall–Kier alpha value is -1.14. The molecule has 0 spiro atoms. The van der Waals surface area contributed by atoms with Gasteiger partial charge in [-0.1, -0.05) is 11.8 Å². The Kier molecular flexibility index (Phi) is 3.59. The number of aryl methyl sites for hydroxylation is 2. The van der Waals surface area contributed by atoms with Gasteiger partial charge in [-0.2, -0.15) is 0 Å². The Morgan fingerprint density at radius 3 is 2.56 bits per heavy atom. The van der Waals surface area contributed by atoms with Crippen LogP contribution in [0.25, 0.3) is 0 Å². The maximum Gasteiger partial charge on any atom is 0.237 e. The lowest BCUT2D eigenvalue weighted by Gasteiger charge is -2.19. The summed E-state index contributed by atoms with van der Waals surface area (Å²) in [6.45, 7) is 3.90. The molecule has 0 bridgehead atoms. The molecule has 1 aliphatic carbocycles. The van der Waals surface area contributed by atoms with Crippen molar-refractivity contribution in [1.82, 2.24) is 9.97 Å². The van der Waals surface area contributed by atoms with Crippen LogP contribution in [0.1, 0.15) is 30.7 Å². The summed E-state index contributed by atoms with van der Waals surface area (Å²) < 4.78 is 0. The van der Waals surface area contributed by atoms with Gasteiger partial charge >= 0.3 is 0 Å². The van der Waals surface area contributed by atoms with E-state index in [4.69, 9.17) is 11.5 Å². The Morgan fingerprint density at radius 1 is 1.44 bits per heavy atom. The lowest BCUT2D eigenvalue weighted by atomic mass is 9.99. The highest BCUT2D eigenvalue weighted by Gasteiger charge is 2.41. The van der Waals surface area contributed by atoms with Gasteiger partial charge in [0.25, 0.3) is 0 Å². The van der Waals surface area contributed by atoms with Crippen molar-refractivity contribution in [3.63, 3.8) is 0 Å². The fourth-order valence-corrected chi connectivity index (χ4v) is 3.56. The molecule has 2 rings (SSSR count). The molecule has 4 N–H and O–H groups in total. The lowest BCUT2D eigenvalue weighted by Crippen LogP contribution is -2.50. The molecular weight excluding hydrogens is 248 g/mol. The number of nitrogens with two attached hydrogens (primary N) is 2. The summed E-state index contributed by atoms with van der Waals surface area (Å²) in [7, 11) is 0. The molecule has 1 aromatic rings. The SMILES string of the molecule is Cc1cc(C)nc(SC2CCC(N)(C(N)=O)C2)n1. The molecule has 0 saturated heterocycles. The predicted octanol–water partition coefficient (Wildman–Crippen LogP) is 0.921. The molecule has 2 atom stereocenters. The molecule has 98 valence electrons. The van der Waals surface area contributed by atoms with Crippen molar-refractivity contribution in [2.75, 3.05) is 0 Å². The molecule has 1 heterocycles. The van der Waals surface area contributed by atoms with Crippen LogP contribution >= 0.6 is 11.8 Å². The van der Waals surface area contributed by atoms with Gasteiger partial charge in [0.2, 0.25) is 5.91 Å². The average Bonchev–Trinajstić information content (AvgIpc) is 2.60. The second kappa shape index (κ2) is 4.85. The molecular formula is C12H18N4OS. The van der Waals surface area contributed by atoms with Crippen LogP contribution in [0.3, 0.4) is 0 Å². The number of primary amides is 1. The number of thioether (sulfide) groups is 1. The van der Waals surface area contributed by atoms with Crippen molar-refractivity contribution in [3.8, 4) is 0 Å². The number of carbonyl (C=O) groups is 1. The summed E-state index contributed by atoms with van der Waals surface area (Å²) in [5.74, 6) is -0.410. The van der Waals surface area contributed by atoms with Crippen molar-refractivity contribution in [2.45, 2.75) is 49.1 Å². The zero-order valence-corrected chi connectivity index (χ0v) is 11.5. The van der Waals surface area contributed by atoms with E-state index in [0.717, 1.165) is 23.0 Å². The molecule has 1 fully saturated rings. The van der Waals surface area contributed by atoms with E-state index in [0.29, 0.717) is 12.8 Å². The van der Waals surface area contributed by atoms with Crippen molar-refractivity contribution < 1.29 is 4.79 Å². The van der Waals surface area contributed by atoms with E-state index < -0.39 is 11.4 Å². The Bertz CT molecular complexity index is 459. The number of amides is 1. The van der Waals surface area contributed by atoms with Crippen LogP contribution in [-0.2, 0) is 4.79 Å². The molecule has 0 aliphatic heterocycles. The normalized spacial score (nSPS) is 27.4. The summed E-state index contributed by atoms with van der Waals surface area (Å²) in [6.07, 6.45) is 2.12. The summed E-state index contributed by atoms with van der Waals surface area (Å²) >= 11 is 1.59. The average molecular weight is 266 g/mol. The van der Waals surface area contributed by atoms with Crippen molar-refractivity contribution in [3.05, 3.63) is 17.5 Å². The van der Waals surface area contributed by atoms with E-state index in [9.17, 15) is 4.79 Å². The minimum absolute atomic E-state index is 0.267. The first kappa shape index (κ1) is 13.3. The minimum atomic E-state index is -0.851. The van der Waals surface area contributed by atoms with Crippen LogP contribution in [0.5, 0.6) is 0 Å². The van der Waals surface area contributed by atoms with E-state index in [1.807, 2.05) is 19.9 Å². The number of hydrogen-bond acceptors (Lipinski definition) is 5. The number of carbonyl (C=O) groups excluding carboxylic acids is 1. The van der Waals surface area contributed by atoms with Crippen molar-refractivity contribution >= 4 is 17.7 Å². The van der Waals surface area contributed by atoms with Crippen LogP contribution in [0.15, 0.2) is 11.2 Å². The Balaban J connectivity index is 2.06. The van der Waals surface area contributed by atoms with Gasteiger partial charge < -0.3 is 11.5 Å². The van der Waals surface area contributed by atoms with Gasteiger partial charge in [-0.3, -0.25) is 4.79 Å². The molecule has 1 aromatic heterocycles. The molecule has 18 heavy (non-hydrogen) atoms. The van der Waals surface area contributed by atoms with Crippen LogP contribution in [0.2, 0.25) is 0 Å². The molecule has 0 radical (unpaired) electrons. The van der Waals surface area contributed by atoms with Crippen LogP contribution in [0.4, 0.5) is 0 Å². The Morgan fingerprint density at radius 2 is 2.06 bits per heavy atom. The highest BCUT2D eigenvalue weighted by Crippen LogP contribution is 2.37. The molecule has 5 nitrogen and oxygen atoms in total. The van der Waals surface area contributed by atoms with Crippen LogP contribution in [-0.4, -0.2) is 26.7 Å². The second-order valence-electron chi connectivity index (χ2n) is 4.94. The first-order valence-electron chi connectivity index (χ1n) is 5.97. The van der Waals surface area contributed by atoms with Crippen LogP contribution < -0.4 is 11.5 Å². The molecule has 2 unspecified atom stereocenters. The quantitative estimate of drug-likeness (QED) is 0.793. The summed E-state index contributed by atoms with van der Waals surface area (Å²) in [6, 6.07) is 1.94. The van der Waals surface area contributed by atoms with Gasteiger partial charge in [-0.25, -0.2) is 9.97 Å². The lowest BCUT2D eigenvalue weighted by molar-refractivity contribution is -0.122. The number of aromatic nitrogens is 2. The molecule has 1 saturated carbocycles.